The zero-order chi connectivity index (χ0) is 10.1. The average molecular weight is 178 g/mol. The van der Waals surface area contributed by atoms with Crippen molar-refractivity contribution in [1.82, 2.24) is 0 Å². The van der Waals surface area contributed by atoms with Gasteiger partial charge in [-0.1, -0.05) is 19.3 Å². The second kappa shape index (κ2) is 7.62. The van der Waals surface area contributed by atoms with Crippen molar-refractivity contribution in [2.24, 2.45) is 11.8 Å². The molecule has 0 radical (unpaired) electrons. The zero-order valence-electron chi connectivity index (χ0n) is 8.58. The molecule has 0 aliphatic carbocycles. The molecule has 0 aromatic carbocycles. The van der Waals surface area contributed by atoms with Crippen molar-refractivity contribution in [3.63, 3.8) is 0 Å². The molecule has 0 heterocycles. The van der Waals surface area contributed by atoms with Crippen molar-refractivity contribution in [3.05, 3.63) is 0 Å². The third kappa shape index (κ3) is 7.34. The minimum absolute atomic E-state index is 0.188. The maximum absolute atomic E-state index is 8.52. The maximum atomic E-state index is 8.52. The molecule has 2 atom stereocenters. The van der Waals surface area contributed by atoms with E-state index in [0.29, 0.717) is 0 Å². The molecule has 2 nitrogen and oxygen atoms in total. The fraction of sp³-hybridized carbons (Fsp3) is 0.818. The highest BCUT2D eigenvalue weighted by Gasteiger charge is 2.01. The maximum Gasteiger partial charge on any atom is 0.0652 e. The summed E-state index contributed by atoms with van der Waals surface area (Å²) in [6, 6.07) is 4.45. The van der Waals surface area contributed by atoms with Gasteiger partial charge in [-0.3, -0.25) is 0 Å². The summed E-state index contributed by atoms with van der Waals surface area (Å²) in [6.45, 7) is 3.91. The second-order valence-corrected chi connectivity index (χ2v) is 3.70. The fourth-order valence-corrected chi connectivity index (χ4v) is 1.21. The van der Waals surface area contributed by atoms with Crippen LogP contribution < -0.4 is 0 Å². The molecule has 0 aliphatic rings. The van der Waals surface area contributed by atoms with Crippen LogP contribution in [0.15, 0.2) is 0 Å². The Hall–Kier alpha value is -1.02. The second-order valence-electron chi connectivity index (χ2n) is 3.70. The van der Waals surface area contributed by atoms with E-state index < -0.39 is 0 Å². The number of hydrogen-bond donors (Lipinski definition) is 0. The summed E-state index contributed by atoms with van der Waals surface area (Å²) in [5.41, 5.74) is 0. The van der Waals surface area contributed by atoms with E-state index in [9.17, 15) is 0 Å². The van der Waals surface area contributed by atoms with Crippen LogP contribution in [0.25, 0.3) is 0 Å². The van der Waals surface area contributed by atoms with Gasteiger partial charge in [0, 0.05) is 11.8 Å². The summed E-state index contributed by atoms with van der Waals surface area (Å²) in [4.78, 5) is 0. The van der Waals surface area contributed by atoms with Gasteiger partial charge in [0.25, 0.3) is 0 Å². The molecule has 0 fully saturated rings. The standard InChI is InChI=1S/C11H18N2/c1-10(8-12)6-4-3-5-7-11(2)9-13/h10-11H,3-7H2,1-2H3. The summed E-state index contributed by atoms with van der Waals surface area (Å²) in [5, 5.41) is 17.0. The van der Waals surface area contributed by atoms with E-state index in [2.05, 4.69) is 12.1 Å². The average Bonchev–Trinajstić information content (AvgIpc) is 2.16. The zero-order valence-corrected chi connectivity index (χ0v) is 8.58. The third-order valence-corrected chi connectivity index (χ3v) is 2.22. The summed E-state index contributed by atoms with van der Waals surface area (Å²) < 4.78 is 0. The lowest BCUT2D eigenvalue weighted by Crippen LogP contribution is -1.92. The van der Waals surface area contributed by atoms with E-state index in [1.54, 1.807) is 0 Å². The SMILES string of the molecule is CC(C#N)CCCCCC(C)C#N. The van der Waals surface area contributed by atoms with E-state index >= 15 is 0 Å². The Balaban J connectivity index is 3.19. The summed E-state index contributed by atoms with van der Waals surface area (Å²) in [7, 11) is 0. The number of hydrogen-bond acceptors (Lipinski definition) is 2. The number of nitrogens with zero attached hydrogens (tertiary/aromatic N) is 2. The van der Waals surface area contributed by atoms with Crippen LogP contribution in [0, 0.1) is 34.5 Å². The number of rotatable bonds is 6. The third-order valence-electron chi connectivity index (χ3n) is 2.22. The minimum Gasteiger partial charge on any atom is -0.198 e. The van der Waals surface area contributed by atoms with Crippen LogP contribution in [0.4, 0.5) is 0 Å². The van der Waals surface area contributed by atoms with Crippen LogP contribution in [0.3, 0.4) is 0 Å². The highest BCUT2D eigenvalue weighted by atomic mass is 14.3. The normalized spacial score (nSPS) is 14.2. The summed E-state index contributed by atoms with van der Waals surface area (Å²) >= 11 is 0. The van der Waals surface area contributed by atoms with Crippen molar-refractivity contribution < 1.29 is 0 Å². The summed E-state index contributed by atoms with van der Waals surface area (Å²) in [6.07, 6.45) is 5.38. The Labute approximate surface area is 81.2 Å². The van der Waals surface area contributed by atoms with Crippen LogP contribution in [-0.4, -0.2) is 0 Å². The first kappa shape index (κ1) is 12.0. The molecule has 0 aromatic rings. The molecule has 13 heavy (non-hydrogen) atoms. The Kier molecular flexibility index (Phi) is 7.02. The lowest BCUT2D eigenvalue weighted by atomic mass is 10.0. The molecule has 72 valence electrons. The Bertz CT molecular complexity index is 175. The molecule has 0 saturated heterocycles. The van der Waals surface area contributed by atoms with E-state index in [1.807, 2.05) is 13.8 Å². The molecule has 0 rings (SSSR count). The smallest absolute Gasteiger partial charge is 0.0652 e. The van der Waals surface area contributed by atoms with Crippen molar-refractivity contribution >= 4 is 0 Å². The monoisotopic (exact) mass is 178 g/mol. The highest BCUT2D eigenvalue weighted by Crippen LogP contribution is 2.12. The predicted octanol–water partition coefficient (Wildman–Crippen LogP) is 3.26. The van der Waals surface area contributed by atoms with Gasteiger partial charge in [-0.25, -0.2) is 0 Å². The largest absolute Gasteiger partial charge is 0.198 e. The van der Waals surface area contributed by atoms with Gasteiger partial charge in [-0.15, -0.1) is 0 Å². The van der Waals surface area contributed by atoms with Crippen molar-refractivity contribution in [1.29, 1.82) is 10.5 Å². The molecule has 0 aliphatic heterocycles. The van der Waals surface area contributed by atoms with Crippen molar-refractivity contribution in [3.8, 4) is 12.1 Å². The van der Waals surface area contributed by atoms with Gasteiger partial charge in [0.15, 0.2) is 0 Å². The van der Waals surface area contributed by atoms with Gasteiger partial charge in [0.05, 0.1) is 12.1 Å². The topological polar surface area (TPSA) is 47.6 Å². The molecule has 0 N–H and O–H groups in total. The first-order valence-corrected chi connectivity index (χ1v) is 5.00. The molecule has 0 spiro atoms. The lowest BCUT2D eigenvalue weighted by Gasteiger charge is -2.03. The molecule has 0 saturated carbocycles. The Morgan fingerprint density at radius 1 is 0.846 bits per heavy atom. The van der Waals surface area contributed by atoms with Crippen LogP contribution in [0.1, 0.15) is 46.0 Å². The van der Waals surface area contributed by atoms with Crippen molar-refractivity contribution in [2.75, 3.05) is 0 Å². The molecule has 0 bridgehead atoms. The quantitative estimate of drug-likeness (QED) is 0.586. The predicted molar refractivity (Wildman–Crippen MR) is 52.6 cm³/mol. The molecular weight excluding hydrogens is 160 g/mol. The fourth-order valence-electron chi connectivity index (χ4n) is 1.21. The van der Waals surface area contributed by atoms with E-state index in [0.717, 1.165) is 32.1 Å². The number of unbranched alkanes of at least 4 members (excludes halogenated alkanes) is 2. The molecule has 0 aromatic heterocycles. The Morgan fingerprint density at radius 2 is 1.23 bits per heavy atom. The van der Waals surface area contributed by atoms with Crippen molar-refractivity contribution in [2.45, 2.75) is 46.0 Å². The molecule has 2 unspecified atom stereocenters. The summed E-state index contributed by atoms with van der Waals surface area (Å²) in [5.74, 6) is 0.377. The van der Waals surface area contributed by atoms with Crippen LogP contribution in [0.5, 0.6) is 0 Å². The van der Waals surface area contributed by atoms with Gasteiger partial charge < -0.3 is 0 Å². The van der Waals surface area contributed by atoms with Gasteiger partial charge in [0.2, 0.25) is 0 Å². The lowest BCUT2D eigenvalue weighted by molar-refractivity contribution is 0.530. The first-order chi connectivity index (χ1) is 6.20. The molecule has 2 heteroatoms. The van der Waals surface area contributed by atoms with Gasteiger partial charge in [-0.2, -0.15) is 10.5 Å². The minimum atomic E-state index is 0.188. The van der Waals surface area contributed by atoms with Crippen LogP contribution >= 0.6 is 0 Å². The van der Waals surface area contributed by atoms with E-state index in [4.69, 9.17) is 10.5 Å². The van der Waals surface area contributed by atoms with Crippen LogP contribution in [0.2, 0.25) is 0 Å². The molecular formula is C11H18N2. The van der Waals surface area contributed by atoms with Gasteiger partial charge in [0.1, 0.15) is 0 Å². The Morgan fingerprint density at radius 3 is 1.54 bits per heavy atom. The first-order valence-electron chi connectivity index (χ1n) is 5.00. The van der Waals surface area contributed by atoms with E-state index in [-0.39, 0.29) is 11.8 Å². The highest BCUT2D eigenvalue weighted by molar-refractivity contribution is 4.79. The van der Waals surface area contributed by atoms with E-state index in [1.165, 1.54) is 0 Å². The van der Waals surface area contributed by atoms with Crippen LogP contribution in [-0.2, 0) is 0 Å². The van der Waals surface area contributed by atoms with Gasteiger partial charge >= 0.3 is 0 Å². The number of nitriles is 2. The molecule has 0 amide bonds. The van der Waals surface area contributed by atoms with Gasteiger partial charge in [-0.05, 0) is 26.7 Å².